The minimum atomic E-state index is -0.0832. The number of carbonyl (C=O) groups is 1. The van der Waals surface area contributed by atoms with E-state index >= 15 is 0 Å². The third-order valence-electron chi connectivity index (χ3n) is 6.39. The highest BCUT2D eigenvalue weighted by atomic mass is 35.5. The standard InChI is InChI=1S/C26H30N2O4.ClH/c1-27-20-7-8-21(27)17-22(16-20)28(19-9-11-23(30-2)12-10-19)26(29)14-6-18-5-13-24(31-3)25(15-18)32-4;/h5-6,9-16,20-21H,7-8,17H2,1-4H3;1H/b14-6+;. The number of nitrogens with zero attached hydrogens (tertiary/aromatic N) is 2. The number of hydrogen-bond acceptors (Lipinski definition) is 5. The molecule has 0 aliphatic carbocycles. The van der Waals surface area contributed by atoms with Crippen LogP contribution >= 0.6 is 12.4 Å². The number of rotatable bonds is 7. The van der Waals surface area contributed by atoms with Gasteiger partial charge < -0.3 is 14.2 Å². The van der Waals surface area contributed by atoms with E-state index in [-0.39, 0.29) is 18.3 Å². The number of fused-ring (bicyclic) bond motifs is 2. The van der Waals surface area contributed by atoms with E-state index in [2.05, 4.69) is 18.0 Å². The number of halogens is 1. The second-order valence-corrected chi connectivity index (χ2v) is 8.15. The molecule has 1 saturated heterocycles. The highest BCUT2D eigenvalue weighted by Crippen LogP contribution is 2.37. The first-order chi connectivity index (χ1) is 15.5. The van der Waals surface area contributed by atoms with Crippen molar-refractivity contribution in [3.63, 3.8) is 0 Å². The summed E-state index contributed by atoms with van der Waals surface area (Å²) in [6.07, 6.45) is 8.83. The first-order valence-electron chi connectivity index (χ1n) is 10.8. The molecule has 4 rings (SSSR count). The molecule has 2 aromatic rings. The van der Waals surface area contributed by atoms with Gasteiger partial charge in [0.1, 0.15) is 5.75 Å². The van der Waals surface area contributed by atoms with Gasteiger partial charge >= 0.3 is 0 Å². The van der Waals surface area contributed by atoms with Crippen molar-refractivity contribution < 1.29 is 19.0 Å². The first kappa shape index (κ1) is 24.7. The molecule has 2 unspecified atom stereocenters. The van der Waals surface area contributed by atoms with Gasteiger partial charge in [-0.3, -0.25) is 14.6 Å². The Hall–Kier alpha value is -2.96. The van der Waals surface area contributed by atoms with Crippen LogP contribution in [0.4, 0.5) is 5.69 Å². The molecule has 2 aliphatic rings. The number of carbonyl (C=O) groups excluding carboxylic acids is 1. The summed E-state index contributed by atoms with van der Waals surface area (Å²) in [5.41, 5.74) is 2.76. The molecule has 0 saturated carbocycles. The molecular weight excluding hydrogens is 440 g/mol. The third kappa shape index (κ3) is 5.18. The van der Waals surface area contributed by atoms with Gasteiger partial charge in [-0.1, -0.05) is 6.07 Å². The predicted octanol–water partition coefficient (Wildman–Crippen LogP) is 4.93. The van der Waals surface area contributed by atoms with E-state index in [1.54, 1.807) is 27.4 Å². The quantitative estimate of drug-likeness (QED) is 0.537. The summed E-state index contributed by atoms with van der Waals surface area (Å²) >= 11 is 0. The van der Waals surface area contributed by atoms with Crippen LogP contribution in [0.2, 0.25) is 0 Å². The van der Waals surface area contributed by atoms with Crippen molar-refractivity contribution in [2.75, 3.05) is 33.3 Å². The van der Waals surface area contributed by atoms with Crippen LogP contribution in [0.3, 0.4) is 0 Å². The minimum Gasteiger partial charge on any atom is -0.497 e. The number of anilines is 1. The fraction of sp³-hybridized carbons (Fsp3) is 0.346. The number of likely N-dealkylation sites (N-methyl/N-ethyl adjacent to an activating group) is 1. The van der Waals surface area contributed by atoms with Gasteiger partial charge in [-0.15, -0.1) is 12.4 Å². The molecule has 2 heterocycles. The largest absolute Gasteiger partial charge is 0.497 e. The van der Waals surface area contributed by atoms with Crippen LogP contribution in [-0.2, 0) is 4.79 Å². The molecule has 33 heavy (non-hydrogen) atoms. The summed E-state index contributed by atoms with van der Waals surface area (Å²) in [7, 11) is 7.02. The van der Waals surface area contributed by atoms with Gasteiger partial charge in [0, 0.05) is 36.0 Å². The van der Waals surface area contributed by atoms with Gasteiger partial charge in [-0.25, -0.2) is 0 Å². The molecule has 2 aliphatic heterocycles. The highest BCUT2D eigenvalue weighted by Gasteiger charge is 2.36. The third-order valence-corrected chi connectivity index (χ3v) is 6.39. The Balaban J connectivity index is 0.00000306. The molecule has 0 aromatic heterocycles. The molecule has 7 heteroatoms. The summed E-state index contributed by atoms with van der Waals surface area (Å²) in [5, 5.41) is 0. The molecule has 1 amide bonds. The fourth-order valence-electron chi connectivity index (χ4n) is 4.55. The summed E-state index contributed by atoms with van der Waals surface area (Å²) in [6.45, 7) is 0. The topological polar surface area (TPSA) is 51.2 Å². The molecular formula is C26H31ClN2O4. The van der Waals surface area contributed by atoms with Crippen LogP contribution in [0.5, 0.6) is 17.2 Å². The summed E-state index contributed by atoms with van der Waals surface area (Å²) in [4.78, 5) is 17.7. The maximum absolute atomic E-state index is 13.5. The number of amides is 1. The normalized spacial score (nSPS) is 19.6. The lowest BCUT2D eigenvalue weighted by atomic mass is 10.0. The second-order valence-electron chi connectivity index (χ2n) is 8.15. The van der Waals surface area contributed by atoms with E-state index in [9.17, 15) is 4.79 Å². The Bertz CT molecular complexity index is 1040. The molecule has 176 valence electrons. The van der Waals surface area contributed by atoms with E-state index in [4.69, 9.17) is 14.2 Å². The van der Waals surface area contributed by atoms with Crippen LogP contribution in [0.15, 0.2) is 60.3 Å². The van der Waals surface area contributed by atoms with E-state index in [1.807, 2.05) is 53.4 Å². The molecule has 2 bridgehead atoms. The van der Waals surface area contributed by atoms with E-state index in [0.717, 1.165) is 42.0 Å². The van der Waals surface area contributed by atoms with Crippen molar-refractivity contribution in [2.45, 2.75) is 31.3 Å². The molecule has 1 fully saturated rings. The van der Waals surface area contributed by atoms with Crippen LogP contribution in [0, 0.1) is 0 Å². The predicted molar refractivity (Wildman–Crippen MR) is 134 cm³/mol. The Morgan fingerprint density at radius 3 is 2.36 bits per heavy atom. The summed E-state index contributed by atoms with van der Waals surface area (Å²) in [6, 6.07) is 14.1. The fourth-order valence-corrected chi connectivity index (χ4v) is 4.55. The number of hydrogen-bond donors (Lipinski definition) is 0. The molecule has 0 N–H and O–H groups in total. The van der Waals surface area contributed by atoms with E-state index in [0.29, 0.717) is 23.6 Å². The Morgan fingerprint density at radius 2 is 1.73 bits per heavy atom. The molecule has 6 nitrogen and oxygen atoms in total. The van der Waals surface area contributed by atoms with Crippen molar-refractivity contribution in [2.24, 2.45) is 0 Å². The minimum absolute atomic E-state index is 0. The number of ether oxygens (including phenoxy) is 3. The lowest BCUT2D eigenvalue weighted by molar-refractivity contribution is -0.113. The molecule has 0 radical (unpaired) electrons. The molecule has 0 spiro atoms. The monoisotopic (exact) mass is 470 g/mol. The second kappa shape index (κ2) is 10.8. The lowest BCUT2D eigenvalue weighted by Gasteiger charge is -2.35. The zero-order valence-corrected chi connectivity index (χ0v) is 20.3. The van der Waals surface area contributed by atoms with Gasteiger partial charge in [0.05, 0.1) is 21.3 Å². The van der Waals surface area contributed by atoms with Crippen molar-refractivity contribution >= 4 is 30.1 Å². The van der Waals surface area contributed by atoms with Gasteiger partial charge in [0.25, 0.3) is 5.91 Å². The highest BCUT2D eigenvalue weighted by molar-refractivity contribution is 6.06. The van der Waals surface area contributed by atoms with Crippen LogP contribution in [0.25, 0.3) is 6.08 Å². The summed E-state index contributed by atoms with van der Waals surface area (Å²) < 4.78 is 16.0. The zero-order valence-electron chi connectivity index (χ0n) is 19.5. The first-order valence-corrected chi connectivity index (χ1v) is 10.8. The van der Waals surface area contributed by atoms with E-state index < -0.39 is 0 Å². The Labute approximate surface area is 201 Å². The van der Waals surface area contributed by atoms with Crippen molar-refractivity contribution in [1.29, 1.82) is 0 Å². The molecule has 2 aromatic carbocycles. The lowest BCUT2D eigenvalue weighted by Crippen LogP contribution is -2.40. The zero-order chi connectivity index (χ0) is 22.7. The van der Waals surface area contributed by atoms with E-state index in [1.165, 1.54) is 0 Å². The van der Waals surface area contributed by atoms with Gasteiger partial charge in [-0.05, 0) is 74.0 Å². The van der Waals surface area contributed by atoms with Crippen molar-refractivity contribution in [3.05, 3.63) is 65.9 Å². The average Bonchev–Trinajstić information content (AvgIpc) is 3.02. The van der Waals surface area contributed by atoms with Crippen LogP contribution in [0.1, 0.15) is 24.8 Å². The van der Waals surface area contributed by atoms with Crippen molar-refractivity contribution in [1.82, 2.24) is 4.90 Å². The van der Waals surface area contributed by atoms with Gasteiger partial charge in [0.2, 0.25) is 0 Å². The Kier molecular flexibility index (Phi) is 8.06. The molecule has 2 atom stereocenters. The maximum Gasteiger partial charge on any atom is 0.255 e. The summed E-state index contributed by atoms with van der Waals surface area (Å²) in [5.74, 6) is 1.96. The van der Waals surface area contributed by atoms with Gasteiger partial charge in [-0.2, -0.15) is 0 Å². The average molecular weight is 471 g/mol. The Morgan fingerprint density at radius 1 is 1.00 bits per heavy atom. The SMILES string of the molecule is COc1ccc(N(C(=O)/C=C/c2ccc(OC)c(OC)c2)C2=CC3CCC(C2)N3C)cc1.Cl. The number of benzene rings is 2. The van der Waals surface area contributed by atoms with Gasteiger partial charge in [0.15, 0.2) is 11.5 Å². The van der Waals surface area contributed by atoms with Crippen LogP contribution in [-0.4, -0.2) is 51.3 Å². The maximum atomic E-state index is 13.5. The van der Waals surface area contributed by atoms with Crippen LogP contribution < -0.4 is 19.1 Å². The smallest absolute Gasteiger partial charge is 0.255 e. The number of methoxy groups -OCH3 is 3. The van der Waals surface area contributed by atoms with Crippen molar-refractivity contribution in [3.8, 4) is 17.2 Å².